The molecule has 10 nitrogen and oxygen atoms in total. The van der Waals surface area contributed by atoms with Gasteiger partial charge in [-0.2, -0.15) is 0 Å². The second-order valence-corrected chi connectivity index (χ2v) is 6.92. The number of carbonyl (C=O) groups excluding carboxylic acids is 1. The van der Waals surface area contributed by atoms with E-state index in [4.69, 9.17) is 30.3 Å². The van der Waals surface area contributed by atoms with Gasteiger partial charge in [0.2, 0.25) is 0 Å². The molecule has 0 aliphatic heterocycles. The summed E-state index contributed by atoms with van der Waals surface area (Å²) in [4.78, 5) is 16.9. The van der Waals surface area contributed by atoms with Crippen LogP contribution in [0, 0.1) is 0 Å². The van der Waals surface area contributed by atoms with Crippen molar-refractivity contribution in [3.63, 3.8) is 0 Å². The highest BCUT2D eigenvalue weighted by molar-refractivity contribution is 5.89. The number of rotatable bonds is 13. The Kier molecular flexibility index (Phi) is 27.5. The summed E-state index contributed by atoms with van der Waals surface area (Å²) in [6.45, 7) is 5.57. The Morgan fingerprint density at radius 3 is 1.45 bits per heavy atom. The van der Waals surface area contributed by atoms with Crippen molar-refractivity contribution in [3.8, 4) is 0 Å². The molecule has 0 fully saturated rings. The van der Waals surface area contributed by atoms with Gasteiger partial charge < -0.3 is 40.1 Å². The summed E-state index contributed by atoms with van der Waals surface area (Å²) in [6, 6.07) is 7.33. The molecular formula is C22H44ClN3O7. The Morgan fingerprint density at radius 1 is 0.758 bits per heavy atom. The highest BCUT2D eigenvalue weighted by Crippen LogP contribution is 2.12. The van der Waals surface area contributed by atoms with E-state index in [-0.39, 0.29) is 51.4 Å². The van der Waals surface area contributed by atoms with Gasteiger partial charge >= 0.3 is 5.97 Å². The van der Waals surface area contributed by atoms with Gasteiger partial charge in [0.15, 0.2) is 0 Å². The Hall–Kier alpha value is -1.50. The first-order chi connectivity index (χ1) is 15.3. The Balaban J connectivity index is -0.000000422. The molecule has 1 rings (SSSR count). The van der Waals surface area contributed by atoms with Crippen molar-refractivity contribution in [3.05, 3.63) is 29.8 Å². The van der Waals surface area contributed by atoms with Crippen molar-refractivity contribution in [2.75, 3.05) is 98.4 Å². The van der Waals surface area contributed by atoms with E-state index in [1.54, 1.807) is 24.0 Å². The Morgan fingerprint density at radius 2 is 1.15 bits per heavy atom. The minimum Gasteiger partial charge on any atom is -0.462 e. The van der Waals surface area contributed by atoms with Gasteiger partial charge in [-0.25, -0.2) is 4.79 Å². The van der Waals surface area contributed by atoms with Crippen LogP contribution in [0.25, 0.3) is 0 Å². The maximum atomic E-state index is 11.3. The molecule has 196 valence electrons. The summed E-state index contributed by atoms with van der Waals surface area (Å²) < 4.78 is 4.88. The van der Waals surface area contributed by atoms with E-state index in [0.717, 1.165) is 5.69 Å². The minimum absolute atomic E-state index is 0. The highest BCUT2D eigenvalue weighted by atomic mass is 35.5. The fourth-order valence-corrected chi connectivity index (χ4v) is 2.32. The van der Waals surface area contributed by atoms with Gasteiger partial charge in [0.05, 0.1) is 45.2 Å². The van der Waals surface area contributed by atoms with E-state index in [1.165, 1.54) is 0 Å². The van der Waals surface area contributed by atoms with Crippen LogP contribution in [-0.4, -0.2) is 135 Å². The van der Waals surface area contributed by atoms with Crippen LogP contribution in [0.15, 0.2) is 24.3 Å². The molecule has 0 saturated heterocycles. The highest BCUT2D eigenvalue weighted by Gasteiger charge is 2.05. The minimum atomic E-state index is -0.266. The molecule has 0 spiro atoms. The van der Waals surface area contributed by atoms with Crippen molar-refractivity contribution >= 4 is 24.1 Å². The van der Waals surface area contributed by atoms with Crippen LogP contribution in [0.1, 0.15) is 17.3 Å². The number of likely N-dealkylation sites (N-methyl/N-ethyl adjacent to an activating group) is 1. The summed E-state index contributed by atoms with van der Waals surface area (Å²) in [6.07, 6.45) is 0. The number of nitrogens with zero attached hydrogens (tertiary/aromatic N) is 3. The van der Waals surface area contributed by atoms with Crippen molar-refractivity contribution in [1.82, 2.24) is 9.80 Å². The van der Waals surface area contributed by atoms with E-state index in [2.05, 4.69) is 0 Å². The van der Waals surface area contributed by atoms with Crippen LogP contribution in [0.3, 0.4) is 0 Å². The fourth-order valence-electron chi connectivity index (χ4n) is 2.32. The molecule has 0 radical (unpaired) electrons. The van der Waals surface area contributed by atoms with Crippen molar-refractivity contribution < 1.29 is 35.1 Å². The molecule has 0 bridgehead atoms. The number of halogens is 1. The number of hydrogen-bond donors (Lipinski definition) is 5. The van der Waals surface area contributed by atoms with Gasteiger partial charge in [0, 0.05) is 52.5 Å². The molecule has 0 atom stereocenters. The lowest BCUT2D eigenvalue weighted by Gasteiger charge is -2.17. The predicted molar refractivity (Wildman–Crippen MR) is 133 cm³/mol. The number of hydrogen-bond acceptors (Lipinski definition) is 10. The standard InChI is InChI=1S/C11H15NO2.C6H15NO3.C5H13NO2.ClH/c1-4-14-11(13)9-5-7-10(8-6-9)12(2)3;8-4-1-7(2-5-9)3-6-10;1-6(2-4-7)3-5-8;/h5-8H,4H2,1-3H3;8-10H,1-6H2;7-8H,2-5H2,1H3;1H. The molecule has 11 heteroatoms. The van der Waals surface area contributed by atoms with Gasteiger partial charge in [-0.15, -0.1) is 12.4 Å². The number of aliphatic hydroxyl groups excluding tert-OH is 5. The van der Waals surface area contributed by atoms with Crippen molar-refractivity contribution in [2.24, 2.45) is 0 Å². The predicted octanol–water partition coefficient (Wildman–Crippen LogP) is -0.481. The van der Waals surface area contributed by atoms with Crippen LogP contribution in [0.4, 0.5) is 5.69 Å². The number of esters is 1. The van der Waals surface area contributed by atoms with E-state index in [9.17, 15) is 4.79 Å². The molecule has 0 heterocycles. The second-order valence-electron chi connectivity index (χ2n) is 6.92. The lowest BCUT2D eigenvalue weighted by molar-refractivity contribution is 0.0526. The van der Waals surface area contributed by atoms with Crippen LogP contribution < -0.4 is 4.90 Å². The van der Waals surface area contributed by atoms with Gasteiger partial charge in [0.25, 0.3) is 0 Å². The third-order valence-corrected chi connectivity index (χ3v) is 4.11. The molecule has 1 aromatic rings. The smallest absolute Gasteiger partial charge is 0.338 e. The molecule has 1 aromatic carbocycles. The summed E-state index contributed by atoms with van der Waals surface area (Å²) in [5.41, 5.74) is 1.66. The lowest BCUT2D eigenvalue weighted by Crippen LogP contribution is -2.32. The average Bonchev–Trinajstić information content (AvgIpc) is 2.76. The average molecular weight is 498 g/mol. The molecule has 5 N–H and O–H groups in total. The Bertz CT molecular complexity index is 531. The maximum Gasteiger partial charge on any atom is 0.338 e. The number of aliphatic hydroxyl groups is 5. The topological polar surface area (TPSA) is 137 Å². The monoisotopic (exact) mass is 497 g/mol. The summed E-state index contributed by atoms with van der Waals surface area (Å²) >= 11 is 0. The van der Waals surface area contributed by atoms with Crippen LogP contribution in [0.2, 0.25) is 0 Å². The second kappa shape index (κ2) is 25.1. The number of ether oxygens (including phenoxy) is 1. The third kappa shape index (κ3) is 20.8. The van der Waals surface area contributed by atoms with Crippen LogP contribution in [0.5, 0.6) is 0 Å². The van der Waals surface area contributed by atoms with Crippen molar-refractivity contribution in [2.45, 2.75) is 6.92 Å². The van der Waals surface area contributed by atoms with Crippen LogP contribution >= 0.6 is 12.4 Å². The largest absolute Gasteiger partial charge is 0.462 e. The van der Waals surface area contributed by atoms with E-state index in [0.29, 0.717) is 44.9 Å². The zero-order valence-electron chi connectivity index (χ0n) is 20.4. The van der Waals surface area contributed by atoms with Gasteiger partial charge in [-0.3, -0.25) is 4.90 Å². The molecule has 0 saturated carbocycles. The Labute approximate surface area is 204 Å². The third-order valence-electron chi connectivity index (χ3n) is 4.11. The zero-order valence-corrected chi connectivity index (χ0v) is 21.2. The van der Waals surface area contributed by atoms with E-state index in [1.807, 2.05) is 43.1 Å². The molecular weight excluding hydrogens is 454 g/mol. The lowest BCUT2D eigenvalue weighted by atomic mass is 10.2. The molecule has 0 aliphatic rings. The molecule has 0 unspecified atom stereocenters. The normalized spacial score (nSPS) is 9.91. The van der Waals surface area contributed by atoms with E-state index < -0.39 is 0 Å². The zero-order chi connectivity index (χ0) is 24.8. The first-order valence-electron chi connectivity index (χ1n) is 10.7. The quantitative estimate of drug-likeness (QED) is 0.227. The maximum absolute atomic E-state index is 11.3. The van der Waals surface area contributed by atoms with Gasteiger partial charge in [-0.05, 0) is 38.2 Å². The summed E-state index contributed by atoms with van der Waals surface area (Å²) in [7, 11) is 5.77. The molecule has 0 aliphatic carbocycles. The van der Waals surface area contributed by atoms with E-state index >= 15 is 0 Å². The molecule has 33 heavy (non-hydrogen) atoms. The first kappa shape index (κ1) is 36.1. The van der Waals surface area contributed by atoms with Gasteiger partial charge in [0.1, 0.15) is 0 Å². The SMILES string of the molecule is CCOC(=O)c1ccc(N(C)C)cc1.CN(CCO)CCO.Cl.OCCN(CCO)CCO. The summed E-state index contributed by atoms with van der Waals surface area (Å²) in [5, 5.41) is 42.1. The fraction of sp³-hybridized carbons (Fsp3) is 0.682. The van der Waals surface area contributed by atoms with Crippen molar-refractivity contribution in [1.29, 1.82) is 0 Å². The molecule has 0 amide bonds. The first-order valence-corrected chi connectivity index (χ1v) is 10.7. The molecule has 0 aromatic heterocycles. The van der Waals surface area contributed by atoms with Crippen LogP contribution in [-0.2, 0) is 4.74 Å². The summed E-state index contributed by atoms with van der Waals surface area (Å²) in [5.74, 6) is -0.266. The number of carbonyl (C=O) groups is 1. The number of benzene rings is 1. The van der Waals surface area contributed by atoms with Gasteiger partial charge in [-0.1, -0.05) is 0 Å². The number of anilines is 1.